The van der Waals surface area contributed by atoms with E-state index in [1.807, 2.05) is 0 Å². The Morgan fingerprint density at radius 2 is 2.20 bits per heavy atom. The van der Waals surface area contributed by atoms with Gasteiger partial charge < -0.3 is 15.5 Å². The minimum atomic E-state index is 0.717. The van der Waals surface area contributed by atoms with Gasteiger partial charge in [0.25, 0.3) is 0 Å². The maximum atomic E-state index is 3.72. The fraction of sp³-hybridized carbons (Fsp3) is 1.00. The maximum absolute atomic E-state index is 3.72. The van der Waals surface area contributed by atoms with E-state index in [1.54, 1.807) is 0 Å². The second kappa shape index (κ2) is 5.83. The zero-order valence-electron chi connectivity index (χ0n) is 9.97. The van der Waals surface area contributed by atoms with E-state index in [9.17, 15) is 0 Å². The third-order valence-corrected chi connectivity index (χ3v) is 3.86. The van der Waals surface area contributed by atoms with Crippen LogP contribution in [0, 0.1) is 0 Å². The number of nitrogens with one attached hydrogen (secondary N) is 2. The molecular weight excluding hydrogens is 186 g/mol. The van der Waals surface area contributed by atoms with Crippen molar-refractivity contribution >= 4 is 0 Å². The lowest BCUT2D eigenvalue weighted by molar-refractivity contribution is 0.175. The lowest BCUT2D eigenvalue weighted by Crippen LogP contribution is -2.49. The third kappa shape index (κ3) is 3.44. The SMILES string of the molecule is CN1CCCCC1CNC1CCCNC1. The van der Waals surface area contributed by atoms with Gasteiger partial charge in [-0.25, -0.2) is 0 Å². The smallest absolute Gasteiger partial charge is 0.0217 e. The van der Waals surface area contributed by atoms with Gasteiger partial charge in [0, 0.05) is 25.2 Å². The molecule has 0 bridgehead atoms. The Morgan fingerprint density at radius 1 is 1.27 bits per heavy atom. The summed E-state index contributed by atoms with van der Waals surface area (Å²) in [7, 11) is 2.27. The van der Waals surface area contributed by atoms with Crippen molar-refractivity contribution in [1.82, 2.24) is 15.5 Å². The lowest BCUT2D eigenvalue weighted by atomic mass is 10.0. The first kappa shape index (κ1) is 11.4. The highest BCUT2D eigenvalue weighted by Gasteiger charge is 2.20. The molecule has 3 nitrogen and oxygen atoms in total. The van der Waals surface area contributed by atoms with E-state index in [2.05, 4.69) is 22.6 Å². The van der Waals surface area contributed by atoms with Crippen LogP contribution in [0.1, 0.15) is 32.1 Å². The standard InChI is InChI=1S/C12H25N3/c1-15-8-3-2-6-12(15)10-14-11-5-4-7-13-9-11/h11-14H,2-10H2,1H3. The van der Waals surface area contributed by atoms with Crippen molar-refractivity contribution in [3.63, 3.8) is 0 Å². The van der Waals surface area contributed by atoms with E-state index >= 15 is 0 Å². The zero-order chi connectivity index (χ0) is 10.5. The van der Waals surface area contributed by atoms with Crippen LogP contribution in [-0.2, 0) is 0 Å². The van der Waals surface area contributed by atoms with Crippen LogP contribution in [0.4, 0.5) is 0 Å². The predicted molar refractivity (Wildman–Crippen MR) is 64.2 cm³/mol. The highest BCUT2D eigenvalue weighted by molar-refractivity contribution is 4.81. The molecule has 0 aromatic heterocycles. The Bertz CT molecular complexity index is 178. The molecule has 2 fully saturated rings. The van der Waals surface area contributed by atoms with Gasteiger partial charge in [-0.3, -0.25) is 0 Å². The third-order valence-electron chi connectivity index (χ3n) is 3.86. The first-order chi connectivity index (χ1) is 7.36. The van der Waals surface area contributed by atoms with Gasteiger partial charge in [-0.1, -0.05) is 6.42 Å². The van der Waals surface area contributed by atoms with Crippen molar-refractivity contribution in [2.24, 2.45) is 0 Å². The fourth-order valence-corrected chi connectivity index (χ4v) is 2.73. The molecule has 2 heterocycles. The van der Waals surface area contributed by atoms with Gasteiger partial charge in [-0.05, 0) is 45.8 Å². The van der Waals surface area contributed by atoms with Crippen LogP contribution in [0.25, 0.3) is 0 Å². The molecule has 2 N–H and O–H groups in total. The minimum Gasteiger partial charge on any atom is -0.315 e. The highest BCUT2D eigenvalue weighted by atomic mass is 15.2. The largest absolute Gasteiger partial charge is 0.315 e. The number of nitrogens with zero attached hydrogens (tertiary/aromatic N) is 1. The first-order valence-corrected chi connectivity index (χ1v) is 6.50. The van der Waals surface area contributed by atoms with Gasteiger partial charge in [0.05, 0.1) is 0 Å². The van der Waals surface area contributed by atoms with Gasteiger partial charge in [0.1, 0.15) is 0 Å². The van der Waals surface area contributed by atoms with Crippen molar-refractivity contribution < 1.29 is 0 Å². The summed E-state index contributed by atoms with van der Waals surface area (Å²) in [5.41, 5.74) is 0. The highest BCUT2D eigenvalue weighted by Crippen LogP contribution is 2.14. The summed E-state index contributed by atoms with van der Waals surface area (Å²) in [5, 5.41) is 7.18. The Balaban J connectivity index is 1.67. The van der Waals surface area contributed by atoms with Crippen LogP contribution in [-0.4, -0.2) is 50.2 Å². The minimum absolute atomic E-state index is 0.717. The van der Waals surface area contributed by atoms with Crippen molar-refractivity contribution in [3.05, 3.63) is 0 Å². The monoisotopic (exact) mass is 211 g/mol. The predicted octanol–water partition coefficient (Wildman–Crippen LogP) is 0.812. The normalized spacial score (nSPS) is 34.2. The number of piperidine rings is 2. The molecule has 15 heavy (non-hydrogen) atoms. The Morgan fingerprint density at radius 3 is 2.93 bits per heavy atom. The molecule has 88 valence electrons. The molecule has 0 spiro atoms. The molecule has 0 aliphatic carbocycles. The molecule has 0 aromatic rings. The molecule has 0 saturated carbocycles. The van der Waals surface area contributed by atoms with E-state index < -0.39 is 0 Å². The van der Waals surface area contributed by atoms with Gasteiger partial charge in [-0.2, -0.15) is 0 Å². The van der Waals surface area contributed by atoms with Crippen molar-refractivity contribution in [2.75, 3.05) is 33.2 Å². The number of rotatable bonds is 3. The molecule has 0 amide bonds. The molecule has 2 rings (SSSR count). The van der Waals surface area contributed by atoms with Crippen LogP contribution in [0.15, 0.2) is 0 Å². The van der Waals surface area contributed by atoms with E-state index in [0.29, 0.717) is 6.04 Å². The van der Waals surface area contributed by atoms with Crippen LogP contribution in [0.5, 0.6) is 0 Å². The summed E-state index contributed by atoms with van der Waals surface area (Å²) in [5.74, 6) is 0. The Hall–Kier alpha value is -0.120. The van der Waals surface area contributed by atoms with Crippen molar-refractivity contribution in [3.8, 4) is 0 Å². The summed E-state index contributed by atoms with van der Waals surface area (Å²) in [4.78, 5) is 2.52. The molecule has 2 atom stereocenters. The molecule has 0 aromatic carbocycles. The summed E-state index contributed by atoms with van der Waals surface area (Å²) < 4.78 is 0. The fourth-order valence-electron chi connectivity index (χ4n) is 2.73. The van der Waals surface area contributed by atoms with Crippen LogP contribution >= 0.6 is 0 Å². The second-order valence-electron chi connectivity index (χ2n) is 5.08. The van der Waals surface area contributed by atoms with E-state index in [1.165, 1.54) is 51.7 Å². The molecule has 0 radical (unpaired) electrons. The second-order valence-corrected chi connectivity index (χ2v) is 5.08. The number of hydrogen-bond acceptors (Lipinski definition) is 3. The molecular formula is C12H25N3. The van der Waals surface area contributed by atoms with Gasteiger partial charge in [-0.15, -0.1) is 0 Å². The zero-order valence-corrected chi connectivity index (χ0v) is 9.97. The molecule has 2 aliphatic heterocycles. The van der Waals surface area contributed by atoms with Crippen molar-refractivity contribution in [2.45, 2.75) is 44.2 Å². The van der Waals surface area contributed by atoms with Gasteiger partial charge >= 0.3 is 0 Å². The lowest BCUT2D eigenvalue weighted by Gasteiger charge is -2.34. The average Bonchev–Trinajstić information content (AvgIpc) is 2.29. The number of likely N-dealkylation sites (tertiary alicyclic amines) is 1. The van der Waals surface area contributed by atoms with E-state index in [0.717, 1.165) is 12.6 Å². The van der Waals surface area contributed by atoms with Gasteiger partial charge in [0.15, 0.2) is 0 Å². The first-order valence-electron chi connectivity index (χ1n) is 6.50. The summed E-state index contributed by atoms with van der Waals surface area (Å²) in [6.07, 6.45) is 6.86. The summed E-state index contributed by atoms with van der Waals surface area (Å²) in [6, 6.07) is 1.50. The summed E-state index contributed by atoms with van der Waals surface area (Å²) >= 11 is 0. The van der Waals surface area contributed by atoms with E-state index in [4.69, 9.17) is 0 Å². The Labute approximate surface area is 93.6 Å². The van der Waals surface area contributed by atoms with Crippen LogP contribution < -0.4 is 10.6 Å². The number of likely N-dealkylation sites (N-methyl/N-ethyl adjacent to an activating group) is 1. The molecule has 2 aliphatic rings. The average molecular weight is 211 g/mol. The van der Waals surface area contributed by atoms with Crippen LogP contribution in [0.3, 0.4) is 0 Å². The number of hydrogen-bond donors (Lipinski definition) is 2. The van der Waals surface area contributed by atoms with Crippen LogP contribution in [0.2, 0.25) is 0 Å². The topological polar surface area (TPSA) is 27.3 Å². The van der Waals surface area contributed by atoms with Crippen molar-refractivity contribution in [1.29, 1.82) is 0 Å². The maximum Gasteiger partial charge on any atom is 0.0217 e. The van der Waals surface area contributed by atoms with Gasteiger partial charge in [0.2, 0.25) is 0 Å². The molecule has 3 heteroatoms. The Kier molecular flexibility index (Phi) is 4.42. The molecule has 2 unspecified atom stereocenters. The van der Waals surface area contributed by atoms with E-state index in [-0.39, 0.29) is 0 Å². The summed E-state index contributed by atoms with van der Waals surface area (Å²) in [6.45, 7) is 4.84. The quantitative estimate of drug-likeness (QED) is 0.723. The molecule has 2 saturated heterocycles.